The molecular formula is C18H21NO3. The minimum Gasteiger partial charge on any atom is -0.481 e. The Kier molecular flexibility index (Phi) is 4.81. The van der Waals surface area contributed by atoms with Gasteiger partial charge >= 0.3 is 5.97 Å². The summed E-state index contributed by atoms with van der Waals surface area (Å²) < 4.78 is 1.74. The van der Waals surface area contributed by atoms with E-state index in [0.717, 1.165) is 11.3 Å². The lowest BCUT2D eigenvalue weighted by Gasteiger charge is -2.18. The van der Waals surface area contributed by atoms with Crippen LogP contribution in [0.15, 0.2) is 41.2 Å². The van der Waals surface area contributed by atoms with E-state index in [1.807, 2.05) is 51.1 Å². The van der Waals surface area contributed by atoms with Crippen LogP contribution in [0.4, 0.5) is 0 Å². The average molecular weight is 299 g/mol. The third-order valence-electron chi connectivity index (χ3n) is 3.67. The maximum atomic E-state index is 12.7. The van der Waals surface area contributed by atoms with E-state index in [9.17, 15) is 9.59 Å². The van der Waals surface area contributed by atoms with Gasteiger partial charge in [-0.05, 0) is 38.8 Å². The molecule has 1 heterocycles. The summed E-state index contributed by atoms with van der Waals surface area (Å²) in [5, 5.41) is 8.79. The molecule has 0 fully saturated rings. The summed E-state index contributed by atoms with van der Waals surface area (Å²) in [4.78, 5) is 23.4. The number of carboxylic acid groups (broad SMARTS) is 1. The highest BCUT2D eigenvalue weighted by molar-refractivity contribution is 5.67. The maximum Gasteiger partial charge on any atom is 0.303 e. The van der Waals surface area contributed by atoms with Gasteiger partial charge in [-0.3, -0.25) is 9.59 Å². The second kappa shape index (κ2) is 6.60. The summed E-state index contributed by atoms with van der Waals surface area (Å²) >= 11 is 0. The maximum absolute atomic E-state index is 12.7. The van der Waals surface area contributed by atoms with E-state index in [0.29, 0.717) is 5.56 Å². The lowest BCUT2D eigenvalue weighted by atomic mass is 10.1. The topological polar surface area (TPSA) is 59.3 Å². The molecule has 0 atom stereocenters. The molecule has 1 aromatic carbocycles. The highest BCUT2D eigenvalue weighted by Gasteiger charge is 2.13. The van der Waals surface area contributed by atoms with Crippen molar-refractivity contribution in [3.8, 4) is 11.3 Å². The molecule has 0 saturated heterocycles. The first-order valence-electron chi connectivity index (χ1n) is 7.43. The molecule has 1 N–H and O–H groups in total. The highest BCUT2D eigenvalue weighted by Crippen LogP contribution is 2.22. The first-order valence-corrected chi connectivity index (χ1v) is 7.43. The van der Waals surface area contributed by atoms with Crippen LogP contribution in [0.3, 0.4) is 0 Å². The van der Waals surface area contributed by atoms with Crippen LogP contribution in [0.5, 0.6) is 0 Å². The molecule has 0 aliphatic heterocycles. The van der Waals surface area contributed by atoms with Gasteiger partial charge in [0.2, 0.25) is 0 Å². The fourth-order valence-corrected chi connectivity index (χ4v) is 2.50. The number of aliphatic carboxylic acids is 1. The van der Waals surface area contributed by atoms with E-state index in [4.69, 9.17) is 5.11 Å². The average Bonchev–Trinajstić information content (AvgIpc) is 2.46. The summed E-state index contributed by atoms with van der Waals surface area (Å²) in [5.41, 5.74) is 3.46. The molecule has 2 aromatic rings. The van der Waals surface area contributed by atoms with Crippen molar-refractivity contribution in [3.63, 3.8) is 0 Å². The Morgan fingerprint density at radius 2 is 1.77 bits per heavy atom. The minimum absolute atomic E-state index is 0.00795. The Hall–Kier alpha value is -2.36. The van der Waals surface area contributed by atoms with Crippen LogP contribution in [0.25, 0.3) is 11.3 Å². The second-order valence-electron chi connectivity index (χ2n) is 5.77. The molecule has 0 spiro atoms. The smallest absolute Gasteiger partial charge is 0.303 e. The number of hydrogen-bond acceptors (Lipinski definition) is 2. The van der Waals surface area contributed by atoms with Gasteiger partial charge in [0.1, 0.15) is 0 Å². The number of rotatable bonds is 5. The second-order valence-corrected chi connectivity index (χ2v) is 5.77. The van der Waals surface area contributed by atoms with E-state index in [2.05, 4.69) is 0 Å². The lowest BCUT2D eigenvalue weighted by Crippen LogP contribution is -2.27. The molecule has 4 nitrogen and oxygen atoms in total. The number of hydrogen-bond donors (Lipinski definition) is 1. The van der Waals surface area contributed by atoms with Crippen molar-refractivity contribution in [1.29, 1.82) is 0 Å². The van der Waals surface area contributed by atoms with Gasteiger partial charge in [-0.15, -0.1) is 0 Å². The molecule has 0 bridgehead atoms. The van der Waals surface area contributed by atoms with Crippen molar-refractivity contribution < 1.29 is 9.90 Å². The summed E-state index contributed by atoms with van der Waals surface area (Å²) in [6.07, 6.45) is 0.228. The summed E-state index contributed by atoms with van der Waals surface area (Å²) in [5.74, 6) is -0.891. The molecule has 0 radical (unpaired) electrons. The Labute approximate surface area is 130 Å². The first kappa shape index (κ1) is 16.0. The van der Waals surface area contributed by atoms with Gasteiger partial charge in [-0.2, -0.15) is 0 Å². The SMILES string of the molecule is Cc1ccc(-c2ccc(CCC(=O)O)c(=O)n2C(C)C)cc1. The Bertz CT molecular complexity index is 727. The molecule has 0 aliphatic carbocycles. The van der Waals surface area contributed by atoms with Gasteiger partial charge in [-0.25, -0.2) is 0 Å². The van der Waals surface area contributed by atoms with Gasteiger partial charge in [0.05, 0.1) is 5.69 Å². The molecule has 4 heteroatoms. The number of benzene rings is 1. The zero-order valence-corrected chi connectivity index (χ0v) is 13.2. The molecule has 22 heavy (non-hydrogen) atoms. The fraction of sp³-hybridized carbons (Fsp3) is 0.333. The predicted octanol–water partition coefficient (Wildman–Crippen LogP) is 3.42. The van der Waals surface area contributed by atoms with Crippen molar-refractivity contribution in [2.75, 3.05) is 0 Å². The Morgan fingerprint density at radius 3 is 2.32 bits per heavy atom. The van der Waals surface area contributed by atoms with Crippen LogP contribution in [0.1, 0.15) is 37.4 Å². The van der Waals surface area contributed by atoms with Gasteiger partial charge in [0.15, 0.2) is 0 Å². The molecular weight excluding hydrogens is 278 g/mol. The van der Waals surface area contributed by atoms with E-state index < -0.39 is 5.97 Å². The summed E-state index contributed by atoms with van der Waals surface area (Å²) in [6.45, 7) is 5.94. The third-order valence-corrected chi connectivity index (χ3v) is 3.67. The summed E-state index contributed by atoms with van der Waals surface area (Å²) in [6, 6.07) is 11.7. The largest absolute Gasteiger partial charge is 0.481 e. The Balaban J connectivity index is 2.51. The number of aryl methyl sites for hydroxylation is 2. The first-order chi connectivity index (χ1) is 10.4. The normalized spacial score (nSPS) is 10.9. The van der Waals surface area contributed by atoms with Crippen molar-refractivity contribution >= 4 is 5.97 Å². The van der Waals surface area contributed by atoms with E-state index in [1.54, 1.807) is 10.6 Å². The molecule has 2 rings (SSSR count). The van der Waals surface area contributed by atoms with E-state index >= 15 is 0 Å². The zero-order valence-electron chi connectivity index (χ0n) is 13.2. The van der Waals surface area contributed by atoms with Gasteiger partial charge in [0.25, 0.3) is 5.56 Å². The molecule has 1 aromatic heterocycles. The molecule has 0 aliphatic rings. The van der Waals surface area contributed by atoms with Gasteiger partial charge in [-0.1, -0.05) is 35.9 Å². The molecule has 116 valence electrons. The fourth-order valence-electron chi connectivity index (χ4n) is 2.50. The van der Waals surface area contributed by atoms with E-state index in [-0.39, 0.29) is 24.4 Å². The number of nitrogens with zero attached hydrogens (tertiary/aromatic N) is 1. The molecule has 0 saturated carbocycles. The summed E-state index contributed by atoms with van der Waals surface area (Å²) in [7, 11) is 0. The predicted molar refractivity (Wildman–Crippen MR) is 87.2 cm³/mol. The van der Waals surface area contributed by atoms with Gasteiger partial charge in [0, 0.05) is 18.0 Å². The Morgan fingerprint density at radius 1 is 1.14 bits per heavy atom. The quantitative estimate of drug-likeness (QED) is 0.920. The van der Waals surface area contributed by atoms with Crippen LogP contribution in [0, 0.1) is 6.92 Å². The van der Waals surface area contributed by atoms with Crippen LogP contribution < -0.4 is 5.56 Å². The monoisotopic (exact) mass is 299 g/mol. The van der Waals surface area contributed by atoms with Crippen LogP contribution in [-0.2, 0) is 11.2 Å². The number of carboxylic acids is 1. The minimum atomic E-state index is -0.891. The standard InChI is InChI=1S/C18H21NO3/c1-12(2)19-16(14-6-4-13(3)5-7-14)10-8-15(18(19)22)9-11-17(20)21/h4-8,10,12H,9,11H2,1-3H3,(H,20,21). The third kappa shape index (κ3) is 3.45. The molecule has 0 unspecified atom stereocenters. The number of aromatic nitrogens is 1. The lowest BCUT2D eigenvalue weighted by molar-refractivity contribution is -0.136. The van der Waals surface area contributed by atoms with E-state index in [1.165, 1.54) is 5.56 Å². The number of carbonyl (C=O) groups is 1. The molecule has 0 amide bonds. The van der Waals surface area contributed by atoms with Crippen LogP contribution in [-0.4, -0.2) is 15.6 Å². The van der Waals surface area contributed by atoms with Crippen LogP contribution >= 0.6 is 0 Å². The highest BCUT2D eigenvalue weighted by atomic mass is 16.4. The zero-order chi connectivity index (χ0) is 16.3. The number of pyridine rings is 1. The van der Waals surface area contributed by atoms with Crippen molar-refractivity contribution in [3.05, 3.63) is 57.9 Å². The van der Waals surface area contributed by atoms with Crippen LogP contribution in [0.2, 0.25) is 0 Å². The van der Waals surface area contributed by atoms with Crippen molar-refractivity contribution in [2.24, 2.45) is 0 Å². The van der Waals surface area contributed by atoms with Crippen molar-refractivity contribution in [2.45, 2.75) is 39.7 Å². The van der Waals surface area contributed by atoms with Crippen molar-refractivity contribution in [1.82, 2.24) is 4.57 Å². The van der Waals surface area contributed by atoms with Gasteiger partial charge < -0.3 is 9.67 Å².